The number of hydrogen-bond acceptors (Lipinski definition) is 4. The van der Waals surface area contributed by atoms with Crippen molar-refractivity contribution in [1.29, 1.82) is 0 Å². The Hall–Kier alpha value is -1.81. The molecule has 1 unspecified atom stereocenters. The molecule has 2 amide bonds. The first-order valence-corrected chi connectivity index (χ1v) is 14.5. The van der Waals surface area contributed by atoms with E-state index in [0.29, 0.717) is 38.7 Å². The van der Waals surface area contributed by atoms with Gasteiger partial charge in [-0.3, -0.25) is 13.9 Å². The predicted molar refractivity (Wildman–Crippen MR) is 145 cm³/mol. The van der Waals surface area contributed by atoms with Crippen LogP contribution < -0.4 is 9.62 Å². The van der Waals surface area contributed by atoms with Crippen LogP contribution in [-0.2, 0) is 26.2 Å². The Morgan fingerprint density at radius 3 is 2.29 bits per heavy atom. The van der Waals surface area contributed by atoms with Crippen LogP contribution >= 0.6 is 39.1 Å². The third kappa shape index (κ3) is 8.37. The molecule has 0 aromatic heterocycles. The van der Waals surface area contributed by atoms with E-state index in [1.54, 1.807) is 49.4 Å². The molecule has 2 aromatic rings. The lowest BCUT2D eigenvalue weighted by Crippen LogP contribution is -2.52. The van der Waals surface area contributed by atoms with Gasteiger partial charge in [-0.15, -0.1) is 0 Å². The van der Waals surface area contributed by atoms with E-state index in [2.05, 4.69) is 21.2 Å². The first-order chi connectivity index (χ1) is 16.3. The minimum atomic E-state index is -3.81. The van der Waals surface area contributed by atoms with Crippen LogP contribution in [-0.4, -0.2) is 50.5 Å². The highest BCUT2D eigenvalue weighted by Crippen LogP contribution is 2.28. The summed E-state index contributed by atoms with van der Waals surface area (Å²) >= 11 is 15.6. The van der Waals surface area contributed by atoms with Crippen molar-refractivity contribution in [3.8, 4) is 0 Å². The maximum atomic E-state index is 13.6. The molecule has 0 radical (unpaired) electrons. The number of amides is 2. The second-order valence-corrected chi connectivity index (χ2v) is 12.1. The number of carbonyl (C=O) groups excluding carboxylic acids is 2. The number of halogens is 3. The Kier molecular flexibility index (Phi) is 10.9. The third-order valence-corrected chi connectivity index (χ3v) is 7.74. The van der Waals surface area contributed by atoms with Gasteiger partial charge in [0.25, 0.3) is 0 Å². The van der Waals surface area contributed by atoms with E-state index in [9.17, 15) is 18.0 Å². The van der Waals surface area contributed by atoms with Crippen LogP contribution in [0.25, 0.3) is 0 Å². The Labute approximate surface area is 225 Å². The SMILES string of the molecule is CCC(C(=O)NCC(C)C)N(Cc1ccc(Cl)c(Cl)c1)C(=O)CN(c1ccccc1Br)S(C)(=O)=O. The van der Waals surface area contributed by atoms with Crippen LogP contribution in [0.3, 0.4) is 0 Å². The summed E-state index contributed by atoms with van der Waals surface area (Å²) in [6.07, 6.45) is 1.38. The average molecular weight is 607 g/mol. The molecule has 0 spiro atoms. The largest absolute Gasteiger partial charge is 0.354 e. The Morgan fingerprint density at radius 2 is 1.74 bits per heavy atom. The molecule has 35 heavy (non-hydrogen) atoms. The van der Waals surface area contributed by atoms with Gasteiger partial charge in [0.1, 0.15) is 12.6 Å². The molecule has 192 valence electrons. The number of rotatable bonds is 11. The molecule has 0 fully saturated rings. The number of hydrogen-bond donors (Lipinski definition) is 1. The average Bonchev–Trinajstić information content (AvgIpc) is 2.78. The van der Waals surface area contributed by atoms with Gasteiger partial charge in [0, 0.05) is 17.6 Å². The van der Waals surface area contributed by atoms with Crippen molar-refractivity contribution in [3.05, 3.63) is 62.5 Å². The first-order valence-electron chi connectivity index (χ1n) is 11.1. The monoisotopic (exact) mass is 605 g/mol. The summed E-state index contributed by atoms with van der Waals surface area (Å²) in [5, 5.41) is 3.57. The molecule has 0 aliphatic rings. The van der Waals surface area contributed by atoms with Crippen LogP contribution in [0, 0.1) is 5.92 Å². The lowest BCUT2D eigenvalue weighted by Gasteiger charge is -2.33. The summed E-state index contributed by atoms with van der Waals surface area (Å²) in [5.41, 5.74) is 0.991. The van der Waals surface area contributed by atoms with Gasteiger partial charge in [0.15, 0.2) is 0 Å². The zero-order valence-corrected chi connectivity index (χ0v) is 24.0. The topological polar surface area (TPSA) is 86.8 Å². The van der Waals surface area contributed by atoms with Crippen molar-refractivity contribution in [3.63, 3.8) is 0 Å². The quantitative estimate of drug-likeness (QED) is 0.385. The van der Waals surface area contributed by atoms with E-state index in [4.69, 9.17) is 23.2 Å². The molecule has 0 heterocycles. The number of carbonyl (C=O) groups is 2. The van der Waals surface area contributed by atoms with Crippen LogP contribution in [0.4, 0.5) is 5.69 Å². The molecule has 0 aliphatic heterocycles. The van der Waals surface area contributed by atoms with E-state index in [0.717, 1.165) is 10.6 Å². The molecule has 1 atom stereocenters. The number of benzene rings is 2. The minimum absolute atomic E-state index is 0.0525. The molecule has 0 saturated heterocycles. The number of nitrogens with zero attached hydrogens (tertiary/aromatic N) is 2. The van der Waals surface area contributed by atoms with Crippen molar-refractivity contribution in [1.82, 2.24) is 10.2 Å². The third-order valence-electron chi connectivity index (χ3n) is 5.21. The highest BCUT2D eigenvalue weighted by atomic mass is 79.9. The summed E-state index contributed by atoms with van der Waals surface area (Å²) in [7, 11) is -3.81. The second kappa shape index (κ2) is 12.9. The van der Waals surface area contributed by atoms with Crippen molar-refractivity contribution < 1.29 is 18.0 Å². The van der Waals surface area contributed by atoms with Gasteiger partial charge in [-0.2, -0.15) is 0 Å². The van der Waals surface area contributed by atoms with Crippen LogP contribution in [0.1, 0.15) is 32.8 Å². The Morgan fingerprint density at radius 1 is 1.09 bits per heavy atom. The first kappa shape index (κ1) is 29.4. The summed E-state index contributed by atoms with van der Waals surface area (Å²) in [6, 6.07) is 10.9. The molecule has 0 bridgehead atoms. The number of anilines is 1. The predicted octanol–water partition coefficient (Wildman–Crippen LogP) is 5.10. The molecule has 1 N–H and O–H groups in total. The van der Waals surface area contributed by atoms with Crippen molar-refractivity contribution in [2.45, 2.75) is 39.8 Å². The Balaban J connectivity index is 2.46. The van der Waals surface area contributed by atoms with Crippen LogP contribution in [0.2, 0.25) is 10.0 Å². The molecule has 0 aliphatic carbocycles. The zero-order chi connectivity index (χ0) is 26.3. The molecule has 11 heteroatoms. The summed E-state index contributed by atoms with van der Waals surface area (Å²) < 4.78 is 26.9. The van der Waals surface area contributed by atoms with Crippen molar-refractivity contribution in [2.75, 3.05) is 23.7 Å². The van der Waals surface area contributed by atoms with Gasteiger partial charge >= 0.3 is 0 Å². The Bertz CT molecular complexity index is 1160. The van der Waals surface area contributed by atoms with Gasteiger partial charge in [-0.1, -0.05) is 62.2 Å². The van der Waals surface area contributed by atoms with Crippen molar-refractivity contribution in [2.24, 2.45) is 5.92 Å². The molecular weight excluding hydrogens is 577 g/mol. The van der Waals surface area contributed by atoms with Gasteiger partial charge in [-0.25, -0.2) is 8.42 Å². The van der Waals surface area contributed by atoms with Gasteiger partial charge in [0.05, 0.1) is 22.0 Å². The molecule has 2 aromatic carbocycles. The smallest absolute Gasteiger partial charge is 0.244 e. The summed E-state index contributed by atoms with van der Waals surface area (Å²) in [4.78, 5) is 28.1. The molecule has 7 nitrogen and oxygen atoms in total. The molecule has 2 rings (SSSR count). The fourth-order valence-electron chi connectivity index (χ4n) is 3.43. The highest BCUT2D eigenvalue weighted by molar-refractivity contribution is 9.10. The molecule has 0 saturated carbocycles. The highest BCUT2D eigenvalue weighted by Gasteiger charge is 2.32. The number of para-hydroxylation sites is 1. The van der Waals surface area contributed by atoms with E-state index in [1.807, 2.05) is 13.8 Å². The van der Waals surface area contributed by atoms with E-state index >= 15 is 0 Å². The number of sulfonamides is 1. The maximum absolute atomic E-state index is 13.6. The fraction of sp³-hybridized carbons (Fsp3) is 0.417. The lowest BCUT2D eigenvalue weighted by atomic mass is 10.1. The summed E-state index contributed by atoms with van der Waals surface area (Å²) in [5.74, 6) is -0.600. The maximum Gasteiger partial charge on any atom is 0.244 e. The molecular formula is C24H30BrCl2N3O4S. The van der Waals surface area contributed by atoms with Gasteiger partial charge < -0.3 is 10.2 Å². The van der Waals surface area contributed by atoms with Crippen LogP contribution in [0.5, 0.6) is 0 Å². The zero-order valence-electron chi connectivity index (χ0n) is 20.1. The fourth-order valence-corrected chi connectivity index (χ4v) is 5.22. The second-order valence-electron chi connectivity index (χ2n) is 8.55. The van der Waals surface area contributed by atoms with E-state index in [-0.39, 0.29) is 18.4 Å². The van der Waals surface area contributed by atoms with Crippen molar-refractivity contribution >= 4 is 66.7 Å². The minimum Gasteiger partial charge on any atom is -0.354 e. The number of nitrogens with one attached hydrogen (secondary N) is 1. The summed E-state index contributed by atoms with van der Waals surface area (Å²) in [6.45, 7) is 5.78. The standard InChI is InChI=1S/C24H30BrCl2N3O4S/c1-5-21(24(32)28-13-16(2)3)29(14-17-10-11-19(26)20(27)12-17)23(31)15-30(35(4,33)34)22-9-7-6-8-18(22)25/h6-12,16,21H,5,13-15H2,1-4H3,(H,28,32). The normalized spacial score (nSPS) is 12.3. The van der Waals surface area contributed by atoms with Crippen LogP contribution in [0.15, 0.2) is 46.9 Å². The van der Waals surface area contributed by atoms with E-state index in [1.165, 1.54) is 4.90 Å². The van der Waals surface area contributed by atoms with Gasteiger partial charge in [0.2, 0.25) is 21.8 Å². The van der Waals surface area contributed by atoms with Gasteiger partial charge in [-0.05, 0) is 58.1 Å². The lowest BCUT2D eigenvalue weighted by molar-refractivity contribution is -0.140. The van der Waals surface area contributed by atoms with E-state index < -0.39 is 28.5 Å².